The molecule has 2 saturated heterocycles. The third-order valence-electron chi connectivity index (χ3n) is 5.78. The van der Waals surface area contributed by atoms with E-state index >= 15 is 0 Å². The van der Waals surface area contributed by atoms with Crippen LogP contribution < -0.4 is 0 Å². The normalized spacial score (nSPS) is 23.7. The van der Waals surface area contributed by atoms with E-state index in [2.05, 4.69) is 20.1 Å². The largest absolute Gasteiger partial charge is 0.396 e. The quantitative estimate of drug-likeness (QED) is 0.837. The van der Waals surface area contributed by atoms with Gasteiger partial charge in [0, 0.05) is 38.4 Å². The lowest BCUT2D eigenvalue weighted by atomic mass is 9.95. The van der Waals surface area contributed by atoms with E-state index < -0.39 is 0 Å². The molecule has 2 fully saturated rings. The van der Waals surface area contributed by atoms with E-state index in [4.69, 9.17) is 0 Å². The highest BCUT2D eigenvalue weighted by Crippen LogP contribution is 2.27. The molecule has 7 nitrogen and oxygen atoms in total. The van der Waals surface area contributed by atoms with Crippen molar-refractivity contribution in [1.29, 1.82) is 0 Å². The minimum absolute atomic E-state index is 0.0516. The van der Waals surface area contributed by atoms with Gasteiger partial charge in [-0.3, -0.25) is 14.9 Å². The van der Waals surface area contributed by atoms with Crippen molar-refractivity contribution in [2.75, 3.05) is 39.3 Å². The number of carbonyl (C=O) groups excluding carboxylic acids is 1. The van der Waals surface area contributed by atoms with E-state index in [1.807, 2.05) is 23.1 Å². The molecule has 1 amide bonds. The Bertz CT molecular complexity index is 757. The van der Waals surface area contributed by atoms with Crippen LogP contribution in [0.15, 0.2) is 30.5 Å². The summed E-state index contributed by atoms with van der Waals surface area (Å²) in [7, 11) is 0. The van der Waals surface area contributed by atoms with Gasteiger partial charge in [0.25, 0.3) is 5.91 Å². The highest BCUT2D eigenvalue weighted by molar-refractivity contribution is 5.93. The lowest BCUT2D eigenvalue weighted by Gasteiger charge is -2.30. The highest BCUT2D eigenvalue weighted by atomic mass is 16.3. The Labute approximate surface area is 159 Å². The van der Waals surface area contributed by atoms with Gasteiger partial charge in [-0.05, 0) is 50.0 Å². The maximum absolute atomic E-state index is 12.9. The van der Waals surface area contributed by atoms with Crippen LogP contribution in [-0.4, -0.2) is 75.3 Å². The number of hydrogen-bond donors (Lipinski definition) is 2. The molecule has 4 rings (SSSR count). The SMILES string of the molecule is O=C(c1cc(-c2ccccn2)n[nH]1)N1CC(CO)C(CN2CCCCC2)C1. The number of pyridine rings is 1. The van der Waals surface area contributed by atoms with E-state index in [0.717, 1.165) is 25.3 Å². The second kappa shape index (κ2) is 8.19. The molecule has 0 bridgehead atoms. The Hall–Kier alpha value is -2.25. The number of aliphatic hydroxyl groups excluding tert-OH is 1. The second-order valence-corrected chi connectivity index (χ2v) is 7.66. The first-order valence-corrected chi connectivity index (χ1v) is 9.84. The standard InChI is InChI=1S/C20H27N5O2/c26-14-16-13-25(12-15(16)11-24-8-4-1-5-9-24)20(27)19-10-18(22-23-19)17-6-2-3-7-21-17/h2-3,6-7,10,15-16,26H,1,4-5,8-9,11-14H2,(H,22,23). The first kappa shape index (κ1) is 18.1. The molecular weight excluding hydrogens is 342 g/mol. The van der Waals surface area contributed by atoms with Gasteiger partial charge in [0.15, 0.2) is 0 Å². The molecule has 0 radical (unpaired) electrons. The molecule has 0 saturated carbocycles. The Morgan fingerprint density at radius 2 is 1.96 bits per heavy atom. The first-order valence-electron chi connectivity index (χ1n) is 9.84. The molecular formula is C20H27N5O2. The molecule has 2 aromatic heterocycles. The van der Waals surface area contributed by atoms with Crippen LogP contribution in [-0.2, 0) is 0 Å². The topological polar surface area (TPSA) is 85.3 Å². The minimum Gasteiger partial charge on any atom is -0.396 e. The van der Waals surface area contributed by atoms with E-state index in [9.17, 15) is 9.90 Å². The Morgan fingerprint density at radius 3 is 2.70 bits per heavy atom. The second-order valence-electron chi connectivity index (χ2n) is 7.66. The number of aromatic amines is 1. The fraction of sp³-hybridized carbons (Fsp3) is 0.550. The molecule has 27 heavy (non-hydrogen) atoms. The van der Waals surface area contributed by atoms with Crippen LogP contribution in [0.3, 0.4) is 0 Å². The van der Waals surface area contributed by atoms with Crippen LogP contribution in [0.4, 0.5) is 0 Å². The maximum atomic E-state index is 12.9. The first-order chi connectivity index (χ1) is 13.2. The van der Waals surface area contributed by atoms with Crippen molar-refractivity contribution >= 4 is 5.91 Å². The van der Waals surface area contributed by atoms with Crippen molar-refractivity contribution in [3.63, 3.8) is 0 Å². The number of carbonyl (C=O) groups is 1. The van der Waals surface area contributed by atoms with Gasteiger partial charge in [-0.2, -0.15) is 5.10 Å². The number of amides is 1. The van der Waals surface area contributed by atoms with Gasteiger partial charge in [0.1, 0.15) is 11.4 Å². The third-order valence-corrected chi connectivity index (χ3v) is 5.78. The average molecular weight is 369 g/mol. The third kappa shape index (κ3) is 4.04. The lowest BCUT2D eigenvalue weighted by molar-refractivity contribution is 0.0772. The van der Waals surface area contributed by atoms with Gasteiger partial charge >= 0.3 is 0 Å². The summed E-state index contributed by atoms with van der Waals surface area (Å²) in [6.07, 6.45) is 5.53. The molecule has 2 aliphatic rings. The summed E-state index contributed by atoms with van der Waals surface area (Å²) >= 11 is 0. The molecule has 2 N–H and O–H groups in total. The molecule has 2 atom stereocenters. The van der Waals surface area contributed by atoms with Gasteiger partial charge in [-0.25, -0.2) is 0 Å². The number of rotatable bonds is 5. The fourth-order valence-corrected chi connectivity index (χ4v) is 4.24. The summed E-state index contributed by atoms with van der Waals surface area (Å²) in [5, 5.41) is 16.9. The van der Waals surface area contributed by atoms with Crippen molar-refractivity contribution < 1.29 is 9.90 Å². The number of piperidine rings is 1. The number of hydrogen-bond acceptors (Lipinski definition) is 5. The monoisotopic (exact) mass is 369 g/mol. The van der Waals surface area contributed by atoms with Crippen molar-refractivity contribution in [2.24, 2.45) is 11.8 Å². The van der Waals surface area contributed by atoms with Crippen LogP contribution in [0.1, 0.15) is 29.8 Å². The summed E-state index contributed by atoms with van der Waals surface area (Å²) in [6.45, 7) is 4.67. The number of nitrogens with one attached hydrogen (secondary N) is 1. The number of likely N-dealkylation sites (tertiary alicyclic amines) is 2. The highest BCUT2D eigenvalue weighted by Gasteiger charge is 2.36. The van der Waals surface area contributed by atoms with Gasteiger partial charge in [-0.1, -0.05) is 12.5 Å². The van der Waals surface area contributed by atoms with E-state index in [0.29, 0.717) is 30.4 Å². The summed E-state index contributed by atoms with van der Waals surface area (Å²) < 4.78 is 0. The predicted molar refractivity (Wildman–Crippen MR) is 102 cm³/mol. The Kier molecular flexibility index (Phi) is 5.50. The lowest BCUT2D eigenvalue weighted by Crippen LogP contribution is -2.37. The van der Waals surface area contributed by atoms with Crippen LogP contribution in [0, 0.1) is 11.8 Å². The summed E-state index contributed by atoms with van der Waals surface area (Å²) in [6, 6.07) is 7.38. The average Bonchev–Trinajstić information content (AvgIpc) is 3.36. The van der Waals surface area contributed by atoms with Crippen molar-refractivity contribution in [3.05, 3.63) is 36.2 Å². The Balaban J connectivity index is 1.42. The predicted octanol–water partition coefficient (Wildman–Crippen LogP) is 1.64. The zero-order valence-electron chi connectivity index (χ0n) is 15.5. The van der Waals surface area contributed by atoms with Crippen molar-refractivity contribution in [3.8, 4) is 11.4 Å². The molecule has 2 unspecified atom stereocenters. The van der Waals surface area contributed by atoms with Gasteiger partial charge in [0.2, 0.25) is 0 Å². The number of aromatic nitrogens is 3. The molecule has 4 heterocycles. The maximum Gasteiger partial charge on any atom is 0.271 e. The van der Waals surface area contributed by atoms with Crippen molar-refractivity contribution in [2.45, 2.75) is 19.3 Å². The van der Waals surface area contributed by atoms with Crippen molar-refractivity contribution in [1.82, 2.24) is 25.0 Å². The fourth-order valence-electron chi connectivity index (χ4n) is 4.24. The van der Waals surface area contributed by atoms with E-state index in [1.54, 1.807) is 12.3 Å². The summed E-state index contributed by atoms with van der Waals surface area (Å²) in [5.74, 6) is 0.425. The zero-order valence-corrected chi connectivity index (χ0v) is 15.5. The molecule has 144 valence electrons. The van der Waals surface area contributed by atoms with Crippen LogP contribution >= 0.6 is 0 Å². The summed E-state index contributed by atoms with van der Waals surface area (Å²) in [5.41, 5.74) is 1.89. The number of aliphatic hydroxyl groups is 1. The van der Waals surface area contributed by atoms with E-state index in [1.165, 1.54) is 19.3 Å². The van der Waals surface area contributed by atoms with Crippen LogP contribution in [0.5, 0.6) is 0 Å². The zero-order chi connectivity index (χ0) is 18.6. The van der Waals surface area contributed by atoms with Gasteiger partial charge in [0.05, 0.1) is 5.69 Å². The van der Waals surface area contributed by atoms with Crippen LogP contribution in [0.25, 0.3) is 11.4 Å². The molecule has 0 aliphatic carbocycles. The molecule has 0 spiro atoms. The molecule has 2 aromatic rings. The molecule has 0 aromatic carbocycles. The van der Waals surface area contributed by atoms with Gasteiger partial charge in [-0.15, -0.1) is 0 Å². The number of nitrogens with zero attached hydrogens (tertiary/aromatic N) is 4. The Morgan fingerprint density at radius 1 is 1.15 bits per heavy atom. The van der Waals surface area contributed by atoms with Gasteiger partial charge < -0.3 is 14.9 Å². The van der Waals surface area contributed by atoms with Crippen LogP contribution in [0.2, 0.25) is 0 Å². The molecule has 2 aliphatic heterocycles. The minimum atomic E-state index is -0.0516. The van der Waals surface area contributed by atoms with E-state index in [-0.39, 0.29) is 18.4 Å². The number of H-pyrrole nitrogens is 1. The molecule has 7 heteroatoms. The summed E-state index contributed by atoms with van der Waals surface area (Å²) in [4.78, 5) is 21.5. The smallest absolute Gasteiger partial charge is 0.271 e.